The summed E-state index contributed by atoms with van der Waals surface area (Å²) in [4.78, 5) is 7.06. The van der Waals surface area contributed by atoms with E-state index in [9.17, 15) is 0 Å². The molecular formula is C12H18N4S. The van der Waals surface area contributed by atoms with Crippen LogP contribution in [0.1, 0.15) is 17.5 Å². The summed E-state index contributed by atoms with van der Waals surface area (Å²) in [6.07, 6.45) is 2.92. The minimum absolute atomic E-state index is 0.407. The predicted octanol–water partition coefficient (Wildman–Crippen LogP) is 1.14. The van der Waals surface area contributed by atoms with Gasteiger partial charge in [-0.3, -0.25) is 0 Å². The van der Waals surface area contributed by atoms with Crippen molar-refractivity contribution in [1.29, 1.82) is 0 Å². The van der Waals surface area contributed by atoms with Crippen LogP contribution in [0.4, 0.5) is 5.82 Å². The normalized spacial score (nSPS) is 20.5. The maximum Gasteiger partial charge on any atom is 0.136 e. The fourth-order valence-corrected chi connectivity index (χ4v) is 2.48. The van der Waals surface area contributed by atoms with Crippen LogP contribution in [0.2, 0.25) is 0 Å². The summed E-state index contributed by atoms with van der Waals surface area (Å²) in [7, 11) is 2.12. The molecule has 1 unspecified atom stereocenters. The molecule has 1 aliphatic heterocycles. The highest BCUT2D eigenvalue weighted by Gasteiger charge is 2.21. The van der Waals surface area contributed by atoms with Crippen molar-refractivity contribution >= 4 is 23.0 Å². The van der Waals surface area contributed by atoms with E-state index in [1.54, 1.807) is 6.20 Å². The zero-order chi connectivity index (χ0) is 12.4. The van der Waals surface area contributed by atoms with Crippen molar-refractivity contribution in [3.8, 4) is 0 Å². The second-order valence-corrected chi connectivity index (χ2v) is 5.05. The Hall–Kier alpha value is -1.20. The summed E-state index contributed by atoms with van der Waals surface area (Å²) in [5.41, 5.74) is 7.70. The van der Waals surface area contributed by atoms with E-state index in [4.69, 9.17) is 18.0 Å². The van der Waals surface area contributed by atoms with E-state index in [1.165, 1.54) is 0 Å². The van der Waals surface area contributed by atoms with E-state index in [1.807, 2.05) is 13.0 Å². The lowest BCUT2D eigenvalue weighted by Crippen LogP contribution is -2.26. The summed E-state index contributed by atoms with van der Waals surface area (Å²) in [6, 6.07) is 2.36. The van der Waals surface area contributed by atoms with Crippen molar-refractivity contribution in [2.24, 2.45) is 5.73 Å². The van der Waals surface area contributed by atoms with Crippen LogP contribution in [0.3, 0.4) is 0 Å². The van der Waals surface area contributed by atoms with Gasteiger partial charge in [-0.05, 0) is 38.6 Å². The Kier molecular flexibility index (Phi) is 3.59. The van der Waals surface area contributed by atoms with Crippen LogP contribution in [0.5, 0.6) is 0 Å². The molecule has 0 amide bonds. The highest BCUT2D eigenvalue weighted by atomic mass is 32.1. The van der Waals surface area contributed by atoms with E-state index in [2.05, 4.69) is 22.2 Å². The predicted molar refractivity (Wildman–Crippen MR) is 74.4 cm³/mol. The van der Waals surface area contributed by atoms with Crippen LogP contribution in [0.15, 0.2) is 12.3 Å². The van der Waals surface area contributed by atoms with E-state index in [-0.39, 0.29) is 0 Å². The smallest absolute Gasteiger partial charge is 0.136 e. The monoisotopic (exact) mass is 250 g/mol. The molecular weight excluding hydrogens is 232 g/mol. The summed E-state index contributed by atoms with van der Waals surface area (Å²) in [5.74, 6) is 0.817. The Morgan fingerprint density at radius 1 is 1.65 bits per heavy atom. The first kappa shape index (κ1) is 12.3. The zero-order valence-corrected chi connectivity index (χ0v) is 11.0. The molecule has 0 radical (unpaired) electrons. The average molecular weight is 250 g/mol. The van der Waals surface area contributed by atoms with Gasteiger partial charge in [0.2, 0.25) is 0 Å². The molecule has 0 aromatic carbocycles. The topological polar surface area (TPSA) is 54.2 Å². The fraction of sp³-hybridized carbons (Fsp3) is 0.500. The third-order valence-electron chi connectivity index (χ3n) is 3.14. The fourth-order valence-electron chi connectivity index (χ4n) is 2.22. The van der Waals surface area contributed by atoms with Crippen molar-refractivity contribution in [2.75, 3.05) is 25.5 Å². The number of likely N-dealkylation sites (N-methyl/N-ethyl adjacent to an activating group) is 1. The highest BCUT2D eigenvalue weighted by Crippen LogP contribution is 2.19. The van der Waals surface area contributed by atoms with Gasteiger partial charge in [0.1, 0.15) is 10.8 Å². The maximum absolute atomic E-state index is 5.76. The molecule has 0 bridgehead atoms. The third kappa shape index (κ3) is 2.73. The van der Waals surface area contributed by atoms with E-state index in [0.717, 1.165) is 36.5 Å². The molecule has 2 rings (SSSR count). The minimum Gasteiger partial charge on any atom is -0.389 e. The molecule has 0 saturated carbocycles. The molecule has 4 nitrogen and oxygen atoms in total. The second-order valence-electron chi connectivity index (χ2n) is 4.61. The molecule has 5 heteroatoms. The van der Waals surface area contributed by atoms with Gasteiger partial charge in [0, 0.05) is 18.8 Å². The van der Waals surface area contributed by atoms with Crippen molar-refractivity contribution in [3.05, 3.63) is 23.4 Å². The van der Waals surface area contributed by atoms with E-state index in [0.29, 0.717) is 11.0 Å². The molecule has 92 valence electrons. The number of pyridine rings is 1. The number of aromatic nitrogens is 1. The van der Waals surface area contributed by atoms with Gasteiger partial charge < -0.3 is 16.0 Å². The Balaban J connectivity index is 2.20. The molecule has 3 N–H and O–H groups in total. The van der Waals surface area contributed by atoms with Crippen LogP contribution in [0.25, 0.3) is 0 Å². The molecule has 1 saturated heterocycles. The van der Waals surface area contributed by atoms with Crippen molar-refractivity contribution in [1.82, 2.24) is 9.88 Å². The number of aryl methyl sites for hydroxylation is 1. The van der Waals surface area contributed by atoms with Crippen molar-refractivity contribution in [3.63, 3.8) is 0 Å². The summed E-state index contributed by atoms with van der Waals surface area (Å²) < 4.78 is 0. The number of nitrogens with two attached hydrogens (primary N) is 1. The lowest BCUT2D eigenvalue weighted by molar-refractivity contribution is 0.414. The molecule has 0 aliphatic carbocycles. The first-order chi connectivity index (χ1) is 8.08. The second kappa shape index (κ2) is 4.98. The zero-order valence-electron chi connectivity index (χ0n) is 10.2. The van der Waals surface area contributed by atoms with Crippen LogP contribution < -0.4 is 11.1 Å². The molecule has 1 aliphatic rings. The van der Waals surface area contributed by atoms with Gasteiger partial charge >= 0.3 is 0 Å². The average Bonchev–Trinajstić information content (AvgIpc) is 2.63. The SMILES string of the molecule is Cc1ccnc(NC2CCN(C)C2)c1C(N)=S. The van der Waals surface area contributed by atoms with Crippen molar-refractivity contribution in [2.45, 2.75) is 19.4 Å². The molecule has 1 aromatic rings. The quantitative estimate of drug-likeness (QED) is 0.788. The van der Waals surface area contributed by atoms with Gasteiger partial charge in [0.25, 0.3) is 0 Å². The largest absolute Gasteiger partial charge is 0.389 e. The number of likely N-dealkylation sites (tertiary alicyclic amines) is 1. The number of thiocarbonyl (C=S) groups is 1. The molecule has 17 heavy (non-hydrogen) atoms. The Morgan fingerprint density at radius 3 is 3.00 bits per heavy atom. The first-order valence-electron chi connectivity index (χ1n) is 5.78. The van der Waals surface area contributed by atoms with Crippen LogP contribution >= 0.6 is 12.2 Å². The standard InChI is InChI=1S/C12H18N4S/c1-8-3-5-14-12(10(8)11(13)17)15-9-4-6-16(2)7-9/h3,5,9H,4,6-7H2,1-2H3,(H2,13,17)(H,14,15). The van der Waals surface area contributed by atoms with Crippen LogP contribution in [0, 0.1) is 6.92 Å². The van der Waals surface area contributed by atoms with Gasteiger partial charge in [-0.15, -0.1) is 0 Å². The first-order valence-corrected chi connectivity index (χ1v) is 6.19. The Bertz CT molecular complexity index is 433. The van der Waals surface area contributed by atoms with Gasteiger partial charge in [0.15, 0.2) is 0 Å². The van der Waals surface area contributed by atoms with Gasteiger partial charge in [-0.1, -0.05) is 12.2 Å². The summed E-state index contributed by atoms with van der Waals surface area (Å²) in [6.45, 7) is 4.15. The molecule has 1 atom stereocenters. The molecule has 1 aromatic heterocycles. The molecule has 1 fully saturated rings. The van der Waals surface area contributed by atoms with Crippen LogP contribution in [-0.4, -0.2) is 41.1 Å². The number of rotatable bonds is 3. The number of hydrogen-bond donors (Lipinski definition) is 2. The van der Waals surface area contributed by atoms with E-state index < -0.39 is 0 Å². The summed E-state index contributed by atoms with van der Waals surface area (Å²) >= 11 is 5.09. The Morgan fingerprint density at radius 2 is 2.41 bits per heavy atom. The Labute approximate surface area is 107 Å². The molecule has 0 spiro atoms. The number of nitrogens with one attached hydrogen (secondary N) is 1. The van der Waals surface area contributed by atoms with Crippen LogP contribution in [-0.2, 0) is 0 Å². The summed E-state index contributed by atoms with van der Waals surface area (Å²) in [5, 5.41) is 3.44. The third-order valence-corrected chi connectivity index (χ3v) is 3.34. The van der Waals surface area contributed by atoms with E-state index >= 15 is 0 Å². The minimum atomic E-state index is 0.407. The molecule has 2 heterocycles. The lowest BCUT2D eigenvalue weighted by Gasteiger charge is -2.17. The van der Waals surface area contributed by atoms with Gasteiger partial charge in [-0.2, -0.15) is 0 Å². The maximum atomic E-state index is 5.76. The lowest BCUT2D eigenvalue weighted by atomic mass is 10.1. The highest BCUT2D eigenvalue weighted by molar-refractivity contribution is 7.80. The van der Waals surface area contributed by atoms with Crippen molar-refractivity contribution < 1.29 is 0 Å². The van der Waals surface area contributed by atoms with Gasteiger partial charge in [-0.25, -0.2) is 4.98 Å². The number of anilines is 1. The number of hydrogen-bond acceptors (Lipinski definition) is 4. The van der Waals surface area contributed by atoms with Gasteiger partial charge in [0.05, 0.1) is 5.56 Å². The number of nitrogens with zero attached hydrogens (tertiary/aromatic N) is 2.